The number of rotatable bonds is 5. The molecule has 0 aliphatic rings. The van der Waals surface area contributed by atoms with E-state index in [0.29, 0.717) is 0 Å². The summed E-state index contributed by atoms with van der Waals surface area (Å²) in [5.74, 6) is 0.902. The van der Waals surface area contributed by atoms with E-state index in [9.17, 15) is 0 Å². The average Bonchev–Trinajstić information content (AvgIpc) is 2.86. The van der Waals surface area contributed by atoms with Crippen LogP contribution in [0, 0.1) is 0 Å². The molecule has 1 unspecified atom stereocenters. The van der Waals surface area contributed by atoms with Gasteiger partial charge in [0.15, 0.2) is 4.34 Å². The minimum absolute atomic E-state index is 0.250. The lowest BCUT2D eigenvalue weighted by atomic mass is 10.1. The first-order valence-electron chi connectivity index (χ1n) is 6.11. The van der Waals surface area contributed by atoms with Gasteiger partial charge in [-0.05, 0) is 43.2 Å². The predicted molar refractivity (Wildman–Crippen MR) is 82.3 cm³/mol. The first kappa shape index (κ1) is 14.8. The Morgan fingerprint density at radius 3 is 2.84 bits per heavy atom. The summed E-state index contributed by atoms with van der Waals surface area (Å²) in [6.45, 7) is 4.15. The fourth-order valence-corrected chi connectivity index (χ4v) is 3.73. The fourth-order valence-electron chi connectivity index (χ4n) is 1.60. The molecule has 1 aromatic carbocycles. The maximum Gasteiger partial charge on any atom is 0.174 e. The lowest BCUT2D eigenvalue weighted by Gasteiger charge is -2.13. The predicted octanol–water partition coefficient (Wildman–Crippen LogP) is 4.19. The average molecular weight is 314 g/mol. The van der Waals surface area contributed by atoms with Crippen LogP contribution >= 0.6 is 34.9 Å². The molecule has 6 heteroatoms. The smallest absolute Gasteiger partial charge is 0.174 e. The van der Waals surface area contributed by atoms with Crippen molar-refractivity contribution in [1.29, 1.82) is 0 Å². The first-order chi connectivity index (χ1) is 9.13. The third-order valence-electron chi connectivity index (χ3n) is 2.84. The van der Waals surface area contributed by atoms with Crippen molar-refractivity contribution in [2.24, 2.45) is 0 Å². The van der Waals surface area contributed by atoms with E-state index in [0.717, 1.165) is 32.1 Å². The largest absolute Gasteiger partial charge is 0.313 e. The molecule has 1 heterocycles. The van der Waals surface area contributed by atoms with E-state index >= 15 is 0 Å². The van der Waals surface area contributed by atoms with E-state index in [2.05, 4.69) is 40.7 Å². The van der Waals surface area contributed by atoms with Crippen molar-refractivity contribution in [3.05, 3.63) is 34.6 Å². The summed E-state index contributed by atoms with van der Waals surface area (Å²) in [7, 11) is 1.93. The van der Waals surface area contributed by atoms with Gasteiger partial charge in [-0.15, -0.1) is 0 Å². The molecule has 0 radical (unpaired) electrons. The van der Waals surface area contributed by atoms with E-state index in [-0.39, 0.29) is 6.04 Å². The molecule has 0 bridgehead atoms. The molecule has 0 saturated carbocycles. The zero-order valence-corrected chi connectivity index (χ0v) is 13.5. The Hall–Kier alpha value is -0.620. The molecule has 0 saturated heterocycles. The quantitative estimate of drug-likeness (QED) is 0.898. The molecular weight excluding hydrogens is 298 g/mol. The van der Waals surface area contributed by atoms with Crippen molar-refractivity contribution in [1.82, 2.24) is 14.7 Å². The number of halogens is 1. The molecule has 102 valence electrons. The Bertz CT molecular complexity index is 557. The van der Waals surface area contributed by atoms with Gasteiger partial charge in [-0.25, -0.2) is 4.98 Å². The van der Waals surface area contributed by atoms with Gasteiger partial charge >= 0.3 is 0 Å². The van der Waals surface area contributed by atoms with Gasteiger partial charge < -0.3 is 5.32 Å². The van der Waals surface area contributed by atoms with Crippen LogP contribution in [0.1, 0.15) is 31.3 Å². The van der Waals surface area contributed by atoms with Crippen LogP contribution in [0.2, 0.25) is 5.02 Å². The second-order valence-electron chi connectivity index (χ2n) is 4.13. The highest BCUT2D eigenvalue weighted by Crippen LogP contribution is 2.33. The molecule has 0 spiro atoms. The van der Waals surface area contributed by atoms with E-state index in [4.69, 9.17) is 11.6 Å². The minimum atomic E-state index is 0.250. The SMILES string of the molecule is CCc1nsc(Sc2ccc(C(C)NC)c(Cl)c2)n1. The highest BCUT2D eigenvalue weighted by atomic mass is 35.5. The molecule has 2 rings (SSSR count). The van der Waals surface area contributed by atoms with E-state index in [1.807, 2.05) is 13.1 Å². The van der Waals surface area contributed by atoms with Gasteiger partial charge in [0.1, 0.15) is 5.82 Å². The second-order valence-corrected chi connectivity index (χ2v) is 6.61. The second kappa shape index (κ2) is 6.70. The summed E-state index contributed by atoms with van der Waals surface area (Å²) >= 11 is 9.36. The monoisotopic (exact) mass is 313 g/mol. The summed E-state index contributed by atoms with van der Waals surface area (Å²) in [6.07, 6.45) is 0.871. The van der Waals surface area contributed by atoms with Crippen LogP contribution in [0.4, 0.5) is 0 Å². The standard InChI is InChI=1S/C13H16ClN3S2/c1-4-12-16-13(19-17-12)18-9-5-6-10(8(2)15-3)11(14)7-9/h5-8,15H,4H2,1-3H3. The highest BCUT2D eigenvalue weighted by Gasteiger charge is 2.10. The van der Waals surface area contributed by atoms with Crippen LogP contribution in [0.3, 0.4) is 0 Å². The minimum Gasteiger partial charge on any atom is -0.313 e. The van der Waals surface area contributed by atoms with E-state index in [1.54, 1.807) is 11.8 Å². The van der Waals surface area contributed by atoms with Gasteiger partial charge in [0.05, 0.1) is 0 Å². The number of aryl methyl sites for hydroxylation is 1. The summed E-state index contributed by atoms with van der Waals surface area (Å²) in [5, 5.41) is 3.97. The van der Waals surface area contributed by atoms with Crippen LogP contribution in [-0.2, 0) is 6.42 Å². The number of aromatic nitrogens is 2. The number of hydrogen-bond donors (Lipinski definition) is 1. The Morgan fingerprint density at radius 2 is 2.26 bits per heavy atom. The molecular formula is C13H16ClN3S2. The van der Waals surface area contributed by atoms with Crippen molar-refractivity contribution in [3.63, 3.8) is 0 Å². The van der Waals surface area contributed by atoms with Crippen molar-refractivity contribution in [3.8, 4) is 0 Å². The molecule has 0 fully saturated rings. The molecule has 3 nitrogen and oxygen atoms in total. The Morgan fingerprint density at radius 1 is 1.47 bits per heavy atom. The molecule has 2 aromatic rings. The Labute approximate surface area is 127 Å². The lowest BCUT2D eigenvalue weighted by Crippen LogP contribution is -2.12. The number of benzene rings is 1. The van der Waals surface area contributed by atoms with Gasteiger partial charge in [0.2, 0.25) is 0 Å². The first-order valence-corrected chi connectivity index (χ1v) is 8.08. The van der Waals surface area contributed by atoms with Crippen molar-refractivity contribution in [2.45, 2.75) is 35.5 Å². The van der Waals surface area contributed by atoms with Gasteiger partial charge in [-0.1, -0.05) is 36.4 Å². The molecule has 1 atom stereocenters. The van der Waals surface area contributed by atoms with Gasteiger partial charge in [-0.2, -0.15) is 4.37 Å². The fraction of sp³-hybridized carbons (Fsp3) is 0.385. The summed E-state index contributed by atoms with van der Waals surface area (Å²) in [6, 6.07) is 6.38. The lowest BCUT2D eigenvalue weighted by molar-refractivity contribution is 0.652. The molecule has 0 aliphatic carbocycles. The third-order valence-corrected chi connectivity index (χ3v) is 4.95. The Balaban J connectivity index is 2.15. The summed E-state index contributed by atoms with van der Waals surface area (Å²) < 4.78 is 5.24. The van der Waals surface area contributed by atoms with E-state index < -0.39 is 0 Å². The zero-order valence-electron chi connectivity index (χ0n) is 11.1. The highest BCUT2D eigenvalue weighted by molar-refractivity contribution is 8.01. The third kappa shape index (κ3) is 3.69. The number of nitrogens with one attached hydrogen (secondary N) is 1. The molecule has 0 amide bonds. The number of nitrogens with zero attached hydrogens (tertiary/aromatic N) is 2. The van der Waals surface area contributed by atoms with Crippen LogP contribution in [0.15, 0.2) is 27.4 Å². The maximum absolute atomic E-state index is 6.32. The van der Waals surface area contributed by atoms with Gasteiger partial charge in [-0.3, -0.25) is 0 Å². The Kier molecular flexibility index (Phi) is 5.21. The maximum atomic E-state index is 6.32. The number of hydrogen-bond acceptors (Lipinski definition) is 5. The summed E-state index contributed by atoms with van der Waals surface area (Å²) in [4.78, 5) is 5.54. The normalized spacial score (nSPS) is 12.6. The van der Waals surface area contributed by atoms with E-state index in [1.165, 1.54) is 11.5 Å². The zero-order chi connectivity index (χ0) is 13.8. The van der Waals surface area contributed by atoms with Gasteiger partial charge in [0.25, 0.3) is 0 Å². The van der Waals surface area contributed by atoms with Gasteiger partial charge in [0, 0.05) is 22.4 Å². The molecule has 1 N–H and O–H groups in total. The van der Waals surface area contributed by atoms with Crippen molar-refractivity contribution < 1.29 is 0 Å². The molecule has 1 aromatic heterocycles. The van der Waals surface area contributed by atoms with Crippen LogP contribution in [-0.4, -0.2) is 16.4 Å². The van der Waals surface area contributed by atoms with Crippen molar-refractivity contribution >= 4 is 34.9 Å². The van der Waals surface area contributed by atoms with Crippen molar-refractivity contribution in [2.75, 3.05) is 7.05 Å². The summed E-state index contributed by atoms with van der Waals surface area (Å²) in [5.41, 5.74) is 1.11. The topological polar surface area (TPSA) is 37.8 Å². The van der Waals surface area contributed by atoms with Crippen LogP contribution < -0.4 is 5.32 Å². The van der Waals surface area contributed by atoms with Crippen LogP contribution in [0.5, 0.6) is 0 Å². The molecule has 19 heavy (non-hydrogen) atoms. The molecule has 0 aliphatic heterocycles. The van der Waals surface area contributed by atoms with Crippen LogP contribution in [0.25, 0.3) is 0 Å².